The third-order valence-electron chi connectivity index (χ3n) is 4.26. The van der Waals surface area contributed by atoms with Crippen LogP contribution in [0.2, 0.25) is 0 Å². The first kappa shape index (κ1) is 19.9. The third-order valence-corrected chi connectivity index (χ3v) is 4.26. The fourth-order valence-corrected chi connectivity index (χ4v) is 2.77. The molecule has 0 aliphatic carbocycles. The van der Waals surface area contributed by atoms with Crippen LogP contribution < -0.4 is 11.5 Å². The summed E-state index contributed by atoms with van der Waals surface area (Å²) < 4.78 is 0. The maximum absolute atomic E-state index is 6.16. The fourth-order valence-electron chi connectivity index (χ4n) is 2.77. The Labute approximate surface area is 128 Å². The highest BCUT2D eigenvalue weighted by Crippen LogP contribution is 2.13. The number of rotatable bonds is 15. The largest absolute Gasteiger partial charge is 0.328 e. The number of unbranched alkanes of at least 4 members (excludes halogenated alkanes) is 7. The first-order chi connectivity index (χ1) is 9.70. The van der Waals surface area contributed by atoms with Gasteiger partial charge in [-0.25, -0.2) is 0 Å². The molecule has 0 saturated heterocycles. The molecule has 4 N–H and O–H groups in total. The van der Waals surface area contributed by atoms with Crippen molar-refractivity contribution in [3.63, 3.8) is 0 Å². The van der Waals surface area contributed by atoms with E-state index < -0.39 is 0 Å². The summed E-state index contributed by atoms with van der Waals surface area (Å²) in [6, 6.07) is 0.847. The molecule has 0 bridgehead atoms. The molecule has 0 aromatic rings. The Kier molecular flexibility index (Phi) is 15.3. The lowest BCUT2D eigenvalue weighted by Gasteiger charge is -2.13. The summed E-state index contributed by atoms with van der Waals surface area (Å²) in [5.41, 5.74) is 12.3. The molecule has 2 heteroatoms. The van der Waals surface area contributed by atoms with Crippen molar-refractivity contribution in [2.45, 2.75) is 116 Å². The highest BCUT2D eigenvalue weighted by atomic mass is 14.6. The molecular weight excluding hydrogens is 244 g/mol. The number of nitrogens with two attached hydrogens (primary N) is 2. The molecule has 0 amide bonds. The summed E-state index contributed by atoms with van der Waals surface area (Å²) in [6.45, 7) is 4.51. The Balaban J connectivity index is 3.28. The lowest BCUT2D eigenvalue weighted by atomic mass is 9.99. The summed E-state index contributed by atoms with van der Waals surface area (Å²) in [4.78, 5) is 0. The number of hydrogen-bond acceptors (Lipinski definition) is 2. The minimum atomic E-state index is 0.424. The van der Waals surface area contributed by atoms with E-state index in [1.807, 2.05) is 0 Å². The lowest BCUT2D eigenvalue weighted by Crippen LogP contribution is -2.21. The molecule has 0 heterocycles. The Morgan fingerprint density at radius 2 is 0.800 bits per heavy atom. The van der Waals surface area contributed by atoms with Crippen LogP contribution in [0.3, 0.4) is 0 Å². The molecule has 0 aromatic carbocycles. The maximum Gasteiger partial charge on any atom is 0.00388 e. The van der Waals surface area contributed by atoms with Crippen LogP contribution in [-0.4, -0.2) is 12.1 Å². The normalized spacial score (nSPS) is 14.4. The van der Waals surface area contributed by atoms with Gasteiger partial charge in [0, 0.05) is 12.1 Å². The van der Waals surface area contributed by atoms with Crippen LogP contribution in [0.25, 0.3) is 0 Å². The molecule has 2 atom stereocenters. The Bertz CT molecular complexity index is 162. The molecule has 20 heavy (non-hydrogen) atoms. The fraction of sp³-hybridized carbons (Fsp3) is 1.00. The van der Waals surface area contributed by atoms with Gasteiger partial charge in [0.05, 0.1) is 0 Å². The van der Waals surface area contributed by atoms with Crippen LogP contribution in [0.15, 0.2) is 0 Å². The molecule has 0 rings (SSSR count). The predicted octanol–water partition coefficient (Wildman–Crippen LogP) is 5.14. The van der Waals surface area contributed by atoms with E-state index in [1.165, 1.54) is 89.9 Å². The molecule has 2 nitrogen and oxygen atoms in total. The van der Waals surface area contributed by atoms with Crippen molar-refractivity contribution < 1.29 is 0 Å². The van der Waals surface area contributed by atoms with Gasteiger partial charge in [-0.2, -0.15) is 0 Å². The zero-order valence-corrected chi connectivity index (χ0v) is 14.2. The van der Waals surface area contributed by atoms with Gasteiger partial charge in [-0.15, -0.1) is 0 Å². The van der Waals surface area contributed by atoms with Gasteiger partial charge in [-0.1, -0.05) is 78.1 Å². The van der Waals surface area contributed by atoms with Crippen LogP contribution in [0.4, 0.5) is 0 Å². The van der Waals surface area contributed by atoms with Gasteiger partial charge in [0.15, 0.2) is 0 Å². The zero-order chi connectivity index (χ0) is 15.1. The van der Waals surface area contributed by atoms with Crippen LogP contribution in [0, 0.1) is 0 Å². The molecule has 0 saturated carbocycles. The van der Waals surface area contributed by atoms with Crippen molar-refractivity contribution in [2.75, 3.05) is 0 Å². The quantitative estimate of drug-likeness (QED) is 0.409. The van der Waals surface area contributed by atoms with Crippen LogP contribution in [0.5, 0.6) is 0 Å². The average molecular weight is 285 g/mol. The van der Waals surface area contributed by atoms with Gasteiger partial charge in [-0.3, -0.25) is 0 Å². The van der Waals surface area contributed by atoms with Crippen molar-refractivity contribution in [1.82, 2.24) is 0 Å². The van der Waals surface area contributed by atoms with E-state index in [-0.39, 0.29) is 0 Å². The summed E-state index contributed by atoms with van der Waals surface area (Å²) in [7, 11) is 0. The first-order valence-electron chi connectivity index (χ1n) is 9.21. The first-order valence-corrected chi connectivity index (χ1v) is 9.21. The highest BCUT2D eigenvalue weighted by Gasteiger charge is 2.05. The second kappa shape index (κ2) is 15.3. The average Bonchev–Trinajstić information content (AvgIpc) is 2.44. The van der Waals surface area contributed by atoms with Crippen molar-refractivity contribution in [1.29, 1.82) is 0 Å². The number of hydrogen-bond donors (Lipinski definition) is 2. The van der Waals surface area contributed by atoms with Crippen LogP contribution >= 0.6 is 0 Å². The molecule has 0 aliphatic rings. The minimum Gasteiger partial charge on any atom is -0.328 e. The minimum absolute atomic E-state index is 0.424. The van der Waals surface area contributed by atoms with E-state index in [9.17, 15) is 0 Å². The Hall–Kier alpha value is -0.0800. The van der Waals surface area contributed by atoms with E-state index >= 15 is 0 Å². The standard InChI is InChI=1S/C18H40N2/c1-3-5-7-9-13-17(19)15-11-12-16-18(20)14-10-8-6-4-2/h17-18H,3-16,19-20H2,1-2H3. The molecular formula is C18H40N2. The SMILES string of the molecule is CCCCCCC(N)CCCCC(N)CCCCCC. The van der Waals surface area contributed by atoms with Crippen molar-refractivity contribution in [2.24, 2.45) is 11.5 Å². The molecule has 122 valence electrons. The van der Waals surface area contributed by atoms with Gasteiger partial charge in [0.1, 0.15) is 0 Å². The van der Waals surface area contributed by atoms with Crippen molar-refractivity contribution >= 4 is 0 Å². The zero-order valence-electron chi connectivity index (χ0n) is 14.2. The summed E-state index contributed by atoms with van der Waals surface area (Å²) in [6.07, 6.45) is 18.0. The van der Waals surface area contributed by atoms with Crippen molar-refractivity contribution in [3.05, 3.63) is 0 Å². The molecule has 0 spiro atoms. The van der Waals surface area contributed by atoms with Crippen LogP contribution in [0.1, 0.15) is 104 Å². The summed E-state index contributed by atoms with van der Waals surface area (Å²) in [5, 5.41) is 0. The van der Waals surface area contributed by atoms with Crippen LogP contribution in [-0.2, 0) is 0 Å². The molecule has 0 aliphatic heterocycles. The monoisotopic (exact) mass is 284 g/mol. The summed E-state index contributed by atoms with van der Waals surface area (Å²) >= 11 is 0. The van der Waals surface area contributed by atoms with Crippen molar-refractivity contribution in [3.8, 4) is 0 Å². The molecule has 0 fully saturated rings. The van der Waals surface area contributed by atoms with Gasteiger partial charge in [0.25, 0.3) is 0 Å². The Morgan fingerprint density at radius 1 is 0.500 bits per heavy atom. The van der Waals surface area contributed by atoms with Gasteiger partial charge in [0.2, 0.25) is 0 Å². The van der Waals surface area contributed by atoms with Gasteiger partial charge >= 0.3 is 0 Å². The van der Waals surface area contributed by atoms with Gasteiger partial charge in [-0.05, 0) is 25.7 Å². The second-order valence-electron chi connectivity index (χ2n) is 6.50. The summed E-state index contributed by atoms with van der Waals surface area (Å²) in [5.74, 6) is 0. The van der Waals surface area contributed by atoms with Gasteiger partial charge < -0.3 is 11.5 Å². The maximum atomic E-state index is 6.16. The van der Waals surface area contributed by atoms with E-state index in [0.717, 1.165) is 0 Å². The second-order valence-corrected chi connectivity index (χ2v) is 6.50. The predicted molar refractivity (Wildman–Crippen MR) is 91.9 cm³/mol. The van der Waals surface area contributed by atoms with E-state index in [4.69, 9.17) is 11.5 Å². The smallest absolute Gasteiger partial charge is 0.00388 e. The van der Waals surface area contributed by atoms with E-state index in [2.05, 4.69) is 13.8 Å². The topological polar surface area (TPSA) is 52.0 Å². The molecule has 2 unspecified atom stereocenters. The lowest BCUT2D eigenvalue weighted by molar-refractivity contribution is 0.462. The molecule has 0 aromatic heterocycles. The Morgan fingerprint density at radius 3 is 1.10 bits per heavy atom. The van der Waals surface area contributed by atoms with E-state index in [1.54, 1.807) is 0 Å². The highest BCUT2D eigenvalue weighted by molar-refractivity contribution is 4.65. The van der Waals surface area contributed by atoms with E-state index in [0.29, 0.717) is 12.1 Å². The third kappa shape index (κ3) is 14.3. The molecule has 0 radical (unpaired) electrons.